The molecule has 74 valence electrons. The van der Waals surface area contributed by atoms with Gasteiger partial charge in [0.1, 0.15) is 0 Å². The van der Waals surface area contributed by atoms with E-state index >= 15 is 0 Å². The third kappa shape index (κ3) is 2.42. The normalized spacial score (nSPS) is 11.0. The number of fused-ring (bicyclic) bond motifs is 1. The van der Waals surface area contributed by atoms with Crippen molar-refractivity contribution in [2.24, 2.45) is 0 Å². The summed E-state index contributed by atoms with van der Waals surface area (Å²) in [5.41, 5.74) is 1.80. The summed E-state index contributed by atoms with van der Waals surface area (Å²) in [4.78, 5) is 14.8. The van der Waals surface area contributed by atoms with Gasteiger partial charge in [-0.1, -0.05) is 18.2 Å². The van der Waals surface area contributed by atoms with Gasteiger partial charge in [-0.2, -0.15) is 0 Å². The monoisotopic (exact) mass is 217 g/mol. The highest BCUT2D eigenvalue weighted by atomic mass is 35.5. The number of aromatic nitrogens is 1. The Labute approximate surface area is 92.2 Å². The zero-order valence-electron chi connectivity index (χ0n) is 7.85. The number of carbonyl (C=O) groups is 1. The second-order valence-electron chi connectivity index (χ2n) is 3.10. The van der Waals surface area contributed by atoms with Crippen molar-refractivity contribution < 1.29 is 4.79 Å². The molecule has 2 rings (SSSR count). The number of allylic oxidation sites excluding steroid dienone is 1. The average Bonchev–Trinajstić information content (AvgIpc) is 2.26. The van der Waals surface area contributed by atoms with Crippen LogP contribution < -0.4 is 0 Å². The van der Waals surface area contributed by atoms with Crippen LogP contribution in [0.25, 0.3) is 17.0 Å². The third-order valence-electron chi connectivity index (χ3n) is 2.02. The van der Waals surface area contributed by atoms with Gasteiger partial charge in [0.25, 0.3) is 0 Å². The fourth-order valence-corrected chi connectivity index (χ4v) is 1.40. The zero-order valence-corrected chi connectivity index (χ0v) is 8.61. The minimum Gasteiger partial charge on any atom is -0.276 e. The van der Waals surface area contributed by atoms with E-state index in [1.807, 2.05) is 30.3 Å². The van der Waals surface area contributed by atoms with Crippen molar-refractivity contribution in [1.29, 1.82) is 0 Å². The highest BCUT2D eigenvalue weighted by molar-refractivity contribution is 6.66. The highest BCUT2D eigenvalue weighted by Crippen LogP contribution is 2.13. The van der Waals surface area contributed by atoms with E-state index in [0.29, 0.717) is 0 Å². The molecule has 0 amide bonds. The van der Waals surface area contributed by atoms with Crippen molar-refractivity contribution >= 4 is 33.8 Å². The van der Waals surface area contributed by atoms with Crippen LogP contribution in [-0.2, 0) is 4.79 Å². The molecule has 0 bridgehead atoms. The molecule has 3 heteroatoms. The standard InChI is InChI=1S/C12H8ClNO/c13-12(15)6-5-9-7-10-3-1-2-4-11(10)14-8-9/h1-8H. The topological polar surface area (TPSA) is 30.0 Å². The Morgan fingerprint density at radius 2 is 2.13 bits per heavy atom. The van der Waals surface area contributed by atoms with Crippen molar-refractivity contribution in [1.82, 2.24) is 4.98 Å². The molecule has 0 spiro atoms. The minimum atomic E-state index is -0.483. The maximum absolute atomic E-state index is 10.5. The SMILES string of the molecule is O=C(Cl)C=Cc1cnc2ccccc2c1. The van der Waals surface area contributed by atoms with E-state index in [2.05, 4.69) is 4.98 Å². The van der Waals surface area contributed by atoms with Crippen molar-refractivity contribution in [3.8, 4) is 0 Å². The highest BCUT2D eigenvalue weighted by Gasteiger charge is 1.94. The predicted octanol–water partition coefficient (Wildman–Crippen LogP) is 3.01. The van der Waals surface area contributed by atoms with Gasteiger partial charge in [-0.05, 0) is 41.4 Å². The number of benzene rings is 1. The van der Waals surface area contributed by atoms with Gasteiger partial charge < -0.3 is 0 Å². The molecule has 0 aliphatic carbocycles. The first-order valence-electron chi connectivity index (χ1n) is 4.48. The molecule has 0 saturated carbocycles. The number of carbonyl (C=O) groups excluding carboxylic acids is 1. The Kier molecular flexibility index (Phi) is 2.79. The van der Waals surface area contributed by atoms with E-state index < -0.39 is 5.24 Å². The number of halogens is 1. The van der Waals surface area contributed by atoms with E-state index in [9.17, 15) is 4.79 Å². The molecule has 0 unspecified atom stereocenters. The van der Waals surface area contributed by atoms with Crippen molar-refractivity contribution in [3.05, 3.63) is 48.2 Å². The number of pyridine rings is 1. The molecule has 15 heavy (non-hydrogen) atoms. The quantitative estimate of drug-likeness (QED) is 0.572. The van der Waals surface area contributed by atoms with Gasteiger partial charge in [0, 0.05) is 11.6 Å². The van der Waals surface area contributed by atoms with Crippen LogP contribution in [0.4, 0.5) is 0 Å². The number of rotatable bonds is 2. The third-order valence-corrected chi connectivity index (χ3v) is 2.14. The Morgan fingerprint density at radius 1 is 1.33 bits per heavy atom. The predicted molar refractivity (Wildman–Crippen MR) is 61.6 cm³/mol. The van der Waals surface area contributed by atoms with E-state index in [1.165, 1.54) is 6.08 Å². The van der Waals surface area contributed by atoms with Gasteiger partial charge in [0.05, 0.1) is 5.52 Å². The molecule has 1 aromatic heterocycles. The van der Waals surface area contributed by atoms with Gasteiger partial charge >= 0.3 is 0 Å². The number of nitrogens with zero attached hydrogens (tertiary/aromatic N) is 1. The first-order chi connectivity index (χ1) is 7.25. The molecule has 1 aromatic carbocycles. The summed E-state index contributed by atoms with van der Waals surface area (Å²) in [7, 11) is 0. The van der Waals surface area contributed by atoms with Gasteiger partial charge in [0.15, 0.2) is 0 Å². The van der Waals surface area contributed by atoms with E-state index in [1.54, 1.807) is 12.3 Å². The zero-order chi connectivity index (χ0) is 10.7. The second-order valence-corrected chi connectivity index (χ2v) is 3.47. The Bertz CT molecular complexity index is 534. The first-order valence-corrected chi connectivity index (χ1v) is 4.86. The van der Waals surface area contributed by atoms with E-state index in [4.69, 9.17) is 11.6 Å². The van der Waals surface area contributed by atoms with Crippen LogP contribution in [0, 0.1) is 0 Å². The summed E-state index contributed by atoms with van der Waals surface area (Å²) in [5.74, 6) is 0. The maximum Gasteiger partial charge on any atom is 0.245 e. The van der Waals surface area contributed by atoms with Crippen LogP contribution in [0.3, 0.4) is 0 Å². The molecule has 0 N–H and O–H groups in total. The summed E-state index contributed by atoms with van der Waals surface area (Å²) >= 11 is 5.20. The number of para-hydroxylation sites is 1. The molecule has 0 fully saturated rings. The smallest absolute Gasteiger partial charge is 0.245 e. The number of hydrogen-bond donors (Lipinski definition) is 0. The van der Waals surface area contributed by atoms with Gasteiger partial charge in [0.2, 0.25) is 5.24 Å². The van der Waals surface area contributed by atoms with Crippen molar-refractivity contribution in [3.63, 3.8) is 0 Å². The molecular formula is C12H8ClNO. The lowest BCUT2D eigenvalue weighted by atomic mass is 10.1. The lowest BCUT2D eigenvalue weighted by molar-refractivity contribution is -0.107. The van der Waals surface area contributed by atoms with Crippen LogP contribution in [0.1, 0.15) is 5.56 Å². The molecule has 2 nitrogen and oxygen atoms in total. The molecule has 0 radical (unpaired) electrons. The average molecular weight is 218 g/mol. The van der Waals surface area contributed by atoms with Crippen LogP contribution in [0.15, 0.2) is 42.6 Å². The van der Waals surface area contributed by atoms with Crippen LogP contribution in [0.2, 0.25) is 0 Å². The fourth-order valence-electron chi connectivity index (χ4n) is 1.34. The maximum atomic E-state index is 10.5. The molecule has 2 aromatic rings. The Hall–Kier alpha value is -1.67. The first kappa shape index (κ1) is 9.87. The molecular weight excluding hydrogens is 210 g/mol. The van der Waals surface area contributed by atoms with Crippen LogP contribution >= 0.6 is 11.6 Å². The Morgan fingerprint density at radius 3 is 2.93 bits per heavy atom. The van der Waals surface area contributed by atoms with Crippen molar-refractivity contribution in [2.75, 3.05) is 0 Å². The number of hydrogen-bond acceptors (Lipinski definition) is 2. The summed E-state index contributed by atoms with van der Waals surface area (Å²) in [5, 5.41) is 0.560. The summed E-state index contributed by atoms with van der Waals surface area (Å²) < 4.78 is 0. The summed E-state index contributed by atoms with van der Waals surface area (Å²) in [6.07, 6.45) is 4.67. The fraction of sp³-hybridized carbons (Fsp3) is 0. The van der Waals surface area contributed by atoms with E-state index in [0.717, 1.165) is 16.5 Å². The molecule has 1 heterocycles. The van der Waals surface area contributed by atoms with Gasteiger partial charge in [-0.25, -0.2) is 0 Å². The molecule has 0 aliphatic rings. The second kappa shape index (κ2) is 4.24. The lowest BCUT2D eigenvalue weighted by Gasteiger charge is -1.97. The van der Waals surface area contributed by atoms with Gasteiger partial charge in [-0.15, -0.1) is 0 Å². The van der Waals surface area contributed by atoms with Crippen molar-refractivity contribution in [2.45, 2.75) is 0 Å². The molecule has 0 aliphatic heterocycles. The molecule has 0 saturated heterocycles. The van der Waals surface area contributed by atoms with E-state index in [-0.39, 0.29) is 0 Å². The summed E-state index contributed by atoms with van der Waals surface area (Å²) in [6, 6.07) is 9.76. The Balaban J connectivity index is 2.43. The summed E-state index contributed by atoms with van der Waals surface area (Å²) in [6.45, 7) is 0. The van der Waals surface area contributed by atoms with Crippen LogP contribution in [0.5, 0.6) is 0 Å². The largest absolute Gasteiger partial charge is 0.276 e. The van der Waals surface area contributed by atoms with Gasteiger partial charge in [-0.3, -0.25) is 9.78 Å². The molecule has 0 atom stereocenters. The van der Waals surface area contributed by atoms with Crippen LogP contribution in [-0.4, -0.2) is 10.2 Å². The lowest BCUT2D eigenvalue weighted by Crippen LogP contribution is -1.81. The minimum absolute atomic E-state index is 0.483.